The summed E-state index contributed by atoms with van der Waals surface area (Å²) < 4.78 is 2.26. The quantitative estimate of drug-likeness (QED) is 0.189. The average Bonchev–Trinajstić information content (AvgIpc) is 3.43. The molecule has 3 aromatic heterocycles. The largest absolute Gasteiger partial charge is 0.307 e. The van der Waals surface area contributed by atoms with Crippen LogP contribution >= 0.6 is 11.6 Å². The minimum atomic E-state index is 0.461. The lowest BCUT2D eigenvalue weighted by molar-refractivity contribution is 1.07. The lowest BCUT2D eigenvalue weighted by Gasteiger charge is -2.13. The molecule has 0 saturated heterocycles. The van der Waals surface area contributed by atoms with Crippen molar-refractivity contribution in [2.45, 2.75) is 0 Å². The zero-order valence-corrected chi connectivity index (χ0v) is 24.2. The van der Waals surface area contributed by atoms with E-state index in [9.17, 15) is 0 Å². The molecule has 0 N–H and O–H groups in total. The number of benzene rings is 5. The Kier molecular flexibility index (Phi) is 6.43. The molecule has 44 heavy (non-hydrogen) atoms. The SMILES string of the molecule is Clc1ccc2c(n1)c1cccc(-c3ccccc3)c1n2-c1cccc(-c2nc(-c3ccccc3)nc(-c3ccccc3)n2)c1. The summed E-state index contributed by atoms with van der Waals surface area (Å²) in [6.45, 7) is 0. The lowest BCUT2D eigenvalue weighted by atomic mass is 10.0. The Morgan fingerprint density at radius 2 is 1.00 bits per heavy atom. The molecular formula is C38H24ClN5. The number of halogens is 1. The summed E-state index contributed by atoms with van der Waals surface area (Å²) in [5.74, 6) is 1.86. The first-order valence-corrected chi connectivity index (χ1v) is 14.7. The zero-order valence-electron chi connectivity index (χ0n) is 23.5. The van der Waals surface area contributed by atoms with Crippen molar-refractivity contribution >= 4 is 33.5 Å². The van der Waals surface area contributed by atoms with E-state index in [4.69, 9.17) is 31.5 Å². The van der Waals surface area contributed by atoms with E-state index in [0.29, 0.717) is 22.6 Å². The van der Waals surface area contributed by atoms with E-state index in [2.05, 4.69) is 59.2 Å². The normalized spacial score (nSPS) is 11.3. The van der Waals surface area contributed by atoms with Crippen LogP contribution in [0.1, 0.15) is 0 Å². The maximum Gasteiger partial charge on any atom is 0.164 e. The van der Waals surface area contributed by atoms with Gasteiger partial charge in [0.25, 0.3) is 0 Å². The molecule has 8 rings (SSSR count). The molecule has 3 heterocycles. The predicted octanol–water partition coefficient (Wildman–Crippen LogP) is 9.69. The maximum atomic E-state index is 6.42. The number of hydrogen-bond acceptors (Lipinski definition) is 4. The van der Waals surface area contributed by atoms with Gasteiger partial charge in [-0.25, -0.2) is 19.9 Å². The van der Waals surface area contributed by atoms with E-state index in [1.165, 1.54) is 0 Å². The highest BCUT2D eigenvalue weighted by molar-refractivity contribution is 6.30. The van der Waals surface area contributed by atoms with Crippen LogP contribution in [0.25, 0.3) is 72.9 Å². The fourth-order valence-electron chi connectivity index (χ4n) is 5.74. The Morgan fingerprint density at radius 3 is 1.64 bits per heavy atom. The molecule has 0 spiro atoms. The van der Waals surface area contributed by atoms with Gasteiger partial charge in [-0.3, -0.25) is 0 Å². The van der Waals surface area contributed by atoms with Crippen LogP contribution < -0.4 is 0 Å². The van der Waals surface area contributed by atoms with Gasteiger partial charge < -0.3 is 4.57 Å². The first kappa shape index (κ1) is 26.0. The van der Waals surface area contributed by atoms with Crippen molar-refractivity contribution in [1.82, 2.24) is 24.5 Å². The van der Waals surface area contributed by atoms with Gasteiger partial charge in [0.2, 0.25) is 0 Å². The molecular weight excluding hydrogens is 562 g/mol. The van der Waals surface area contributed by atoms with Gasteiger partial charge in [0.1, 0.15) is 5.15 Å². The Hall–Kier alpha value is -5.65. The lowest BCUT2D eigenvalue weighted by Crippen LogP contribution is -2.01. The molecule has 0 fully saturated rings. The first-order chi connectivity index (χ1) is 21.7. The molecule has 0 amide bonds. The van der Waals surface area contributed by atoms with Crippen LogP contribution in [0, 0.1) is 0 Å². The van der Waals surface area contributed by atoms with Crippen molar-refractivity contribution in [2.24, 2.45) is 0 Å². The molecule has 0 atom stereocenters. The molecule has 208 valence electrons. The molecule has 0 unspecified atom stereocenters. The van der Waals surface area contributed by atoms with E-state index in [1.54, 1.807) is 0 Å². The second kappa shape index (κ2) is 10.9. The van der Waals surface area contributed by atoms with Gasteiger partial charge in [0.15, 0.2) is 17.5 Å². The van der Waals surface area contributed by atoms with Crippen LogP contribution in [-0.4, -0.2) is 24.5 Å². The van der Waals surface area contributed by atoms with Crippen molar-refractivity contribution in [2.75, 3.05) is 0 Å². The maximum absolute atomic E-state index is 6.42. The second-order valence-electron chi connectivity index (χ2n) is 10.5. The molecule has 0 aliphatic rings. The van der Waals surface area contributed by atoms with Crippen molar-refractivity contribution < 1.29 is 0 Å². The number of aromatic nitrogens is 5. The predicted molar refractivity (Wildman–Crippen MR) is 179 cm³/mol. The van der Waals surface area contributed by atoms with Crippen LogP contribution in [0.15, 0.2) is 146 Å². The fraction of sp³-hybridized carbons (Fsp3) is 0. The summed E-state index contributed by atoms with van der Waals surface area (Å²) in [6.07, 6.45) is 0. The number of hydrogen-bond donors (Lipinski definition) is 0. The molecule has 0 saturated carbocycles. The molecule has 0 radical (unpaired) electrons. The van der Waals surface area contributed by atoms with E-state index in [-0.39, 0.29) is 0 Å². The molecule has 0 aliphatic carbocycles. The number of rotatable bonds is 5. The molecule has 8 aromatic rings. The van der Waals surface area contributed by atoms with E-state index >= 15 is 0 Å². The van der Waals surface area contributed by atoms with Crippen LogP contribution in [0.3, 0.4) is 0 Å². The summed E-state index contributed by atoms with van der Waals surface area (Å²) in [5, 5.41) is 1.50. The van der Waals surface area contributed by atoms with Crippen molar-refractivity contribution in [3.63, 3.8) is 0 Å². The minimum Gasteiger partial charge on any atom is -0.307 e. The Bertz CT molecular complexity index is 2220. The van der Waals surface area contributed by atoms with Crippen LogP contribution in [0.2, 0.25) is 5.15 Å². The number of pyridine rings is 1. The van der Waals surface area contributed by atoms with Crippen molar-refractivity contribution in [1.29, 1.82) is 0 Å². The van der Waals surface area contributed by atoms with Gasteiger partial charge in [-0.1, -0.05) is 133 Å². The Balaban J connectivity index is 1.37. The molecule has 0 aliphatic heterocycles. The standard InChI is InChI=1S/C38H24ClN5/c39-33-23-22-32-34(40-33)31-21-11-20-30(25-12-4-1-5-13-25)35(31)44(32)29-19-10-18-28(24-29)38-42-36(26-14-6-2-7-15-26)41-37(43-38)27-16-8-3-9-17-27/h1-24H. The van der Waals surface area contributed by atoms with Crippen molar-refractivity contribution in [3.8, 4) is 51.0 Å². The van der Waals surface area contributed by atoms with Crippen LogP contribution in [0.5, 0.6) is 0 Å². The third kappa shape index (κ3) is 4.60. The summed E-state index contributed by atoms with van der Waals surface area (Å²) in [7, 11) is 0. The fourth-order valence-corrected chi connectivity index (χ4v) is 5.89. The summed E-state index contributed by atoms with van der Waals surface area (Å²) in [5.41, 5.74) is 8.84. The van der Waals surface area contributed by atoms with Crippen molar-refractivity contribution in [3.05, 3.63) is 151 Å². The van der Waals surface area contributed by atoms with Gasteiger partial charge in [-0.2, -0.15) is 0 Å². The Morgan fingerprint density at radius 1 is 0.455 bits per heavy atom. The van der Waals surface area contributed by atoms with E-state index in [0.717, 1.165) is 55.4 Å². The number of para-hydroxylation sites is 1. The van der Waals surface area contributed by atoms with Gasteiger partial charge in [-0.15, -0.1) is 0 Å². The van der Waals surface area contributed by atoms with Gasteiger partial charge in [0.05, 0.1) is 16.6 Å². The number of nitrogens with zero attached hydrogens (tertiary/aromatic N) is 5. The highest BCUT2D eigenvalue weighted by Gasteiger charge is 2.19. The molecule has 6 heteroatoms. The highest BCUT2D eigenvalue weighted by Crippen LogP contribution is 2.38. The first-order valence-electron chi connectivity index (χ1n) is 14.4. The second-order valence-corrected chi connectivity index (χ2v) is 10.9. The van der Waals surface area contributed by atoms with Gasteiger partial charge in [0, 0.05) is 33.3 Å². The van der Waals surface area contributed by atoms with Gasteiger partial charge in [-0.05, 0) is 29.8 Å². The monoisotopic (exact) mass is 585 g/mol. The summed E-state index contributed by atoms with van der Waals surface area (Å²) >= 11 is 6.42. The van der Waals surface area contributed by atoms with E-state index < -0.39 is 0 Å². The molecule has 5 nitrogen and oxygen atoms in total. The zero-order chi connectivity index (χ0) is 29.5. The summed E-state index contributed by atoms with van der Waals surface area (Å²) in [4.78, 5) is 19.6. The topological polar surface area (TPSA) is 56.5 Å². The third-order valence-corrected chi connectivity index (χ3v) is 7.95. The van der Waals surface area contributed by atoms with Crippen LogP contribution in [-0.2, 0) is 0 Å². The van der Waals surface area contributed by atoms with Crippen LogP contribution in [0.4, 0.5) is 0 Å². The molecule has 5 aromatic carbocycles. The summed E-state index contributed by atoms with van der Waals surface area (Å²) in [6, 6.07) is 49.0. The Labute approximate surface area is 259 Å². The van der Waals surface area contributed by atoms with E-state index in [1.807, 2.05) is 91.0 Å². The third-order valence-electron chi connectivity index (χ3n) is 7.74. The highest BCUT2D eigenvalue weighted by atomic mass is 35.5. The average molecular weight is 586 g/mol. The number of fused-ring (bicyclic) bond motifs is 3. The molecule has 0 bridgehead atoms. The van der Waals surface area contributed by atoms with Gasteiger partial charge >= 0.3 is 0 Å². The smallest absolute Gasteiger partial charge is 0.164 e. The minimum absolute atomic E-state index is 0.461.